The number of aromatic amines is 1. The predicted octanol–water partition coefficient (Wildman–Crippen LogP) is 0.893. The molecule has 0 aromatic carbocycles. The van der Waals surface area contributed by atoms with Crippen LogP contribution in [-0.2, 0) is 0 Å². The van der Waals surface area contributed by atoms with Gasteiger partial charge in [0.2, 0.25) is 5.95 Å². The molecule has 14 heavy (non-hydrogen) atoms. The normalized spacial score (nSPS) is 27.2. The Balaban J connectivity index is 2.09. The molecule has 1 aromatic heterocycles. The zero-order chi connectivity index (χ0) is 10.2. The van der Waals surface area contributed by atoms with Crippen molar-refractivity contribution in [2.75, 3.05) is 24.5 Å². The summed E-state index contributed by atoms with van der Waals surface area (Å²) in [6, 6.07) is 0. The Hall–Kier alpha value is -1.03. The Morgan fingerprint density at radius 1 is 1.71 bits per heavy atom. The van der Waals surface area contributed by atoms with Gasteiger partial charge in [-0.1, -0.05) is 6.92 Å². The number of rotatable bonds is 2. The Labute approximate surface area is 84.5 Å². The Kier molecular flexibility index (Phi) is 2.23. The minimum absolute atomic E-state index is 0.265. The van der Waals surface area contributed by atoms with Gasteiger partial charge in [0, 0.05) is 25.0 Å². The van der Waals surface area contributed by atoms with E-state index in [1.54, 1.807) is 0 Å². The maximum absolute atomic E-state index is 5.76. The third kappa shape index (κ3) is 1.62. The minimum Gasteiger partial charge on any atom is -0.342 e. The van der Waals surface area contributed by atoms with Crippen LogP contribution in [0.3, 0.4) is 0 Å². The van der Waals surface area contributed by atoms with Gasteiger partial charge >= 0.3 is 0 Å². The van der Waals surface area contributed by atoms with Gasteiger partial charge in [0.1, 0.15) is 0 Å². The molecule has 2 heterocycles. The molecule has 0 saturated carbocycles. The smallest absolute Gasteiger partial charge is 0.202 e. The molecule has 0 spiro atoms. The van der Waals surface area contributed by atoms with Gasteiger partial charge in [-0.25, -0.2) is 4.98 Å². The van der Waals surface area contributed by atoms with Crippen molar-refractivity contribution in [3.05, 3.63) is 11.9 Å². The van der Waals surface area contributed by atoms with E-state index in [1.807, 2.05) is 13.1 Å². The second-order valence-corrected chi connectivity index (χ2v) is 4.58. The zero-order valence-corrected chi connectivity index (χ0v) is 8.88. The lowest BCUT2D eigenvalue weighted by Gasteiger charge is -2.22. The lowest BCUT2D eigenvalue weighted by atomic mass is 9.90. The van der Waals surface area contributed by atoms with Gasteiger partial charge in [0.15, 0.2) is 0 Å². The highest BCUT2D eigenvalue weighted by Gasteiger charge is 2.33. The first kappa shape index (κ1) is 9.52. The number of nitrogens with two attached hydrogens (primary N) is 1. The topological polar surface area (TPSA) is 57.9 Å². The third-order valence-electron chi connectivity index (χ3n) is 3.04. The molecule has 3 N–H and O–H groups in total. The molecule has 78 valence electrons. The molecule has 0 radical (unpaired) electrons. The van der Waals surface area contributed by atoms with Crippen molar-refractivity contribution in [3.63, 3.8) is 0 Å². The van der Waals surface area contributed by atoms with Gasteiger partial charge in [-0.3, -0.25) is 0 Å². The van der Waals surface area contributed by atoms with E-state index in [1.165, 1.54) is 0 Å². The van der Waals surface area contributed by atoms with E-state index < -0.39 is 0 Å². The van der Waals surface area contributed by atoms with Gasteiger partial charge in [-0.15, -0.1) is 0 Å². The minimum atomic E-state index is 0.265. The van der Waals surface area contributed by atoms with Crippen LogP contribution in [0, 0.1) is 12.3 Å². The summed E-state index contributed by atoms with van der Waals surface area (Å²) in [7, 11) is 0. The Morgan fingerprint density at radius 2 is 2.50 bits per heavy atom. The van der Waals surface area contributed by atoms with Crippen LogP contribution >= 0.6 is 0 Å². The van der Waals surface area contributed by atoms with Crippen molar-refractivity contribution >= 4 is 5.95 Å². The molecular weight excluding hydrogens is 176 g/mol. The van der Waals surface area contributed by atoms with Crippen LogP contribution < -0.4 is 10.6 Å². The van der Waals surface area contributed by atoms with E-state index in [4.69, 9.17) is 5.73 Å². The number of aromatic nitrogens is 2. The number of anilines is 1. The largest absolute Gasteiger partial charge is 0.342 e. The summed E-state index contributed by atoms with van der Waals surface area (Å²) in [5.74, 6) is 0.986. The first-order valence-corrected chi connectivity index (χ1v) is 5.10. The van der Waals surface area contributed by atoms with Crippen LogP contribution in [-0.4, -0.2) is 29.6 Å². The molecule has 1 aromatic rings. The summed E-state index contributed by atoms with van der Waals surface area (Å²) >= 11 is 0. The van der Waals surface area contributed by atoms with Gasteiger partial charge in [0.25, 0.3) is 0 Å². The van der Waals surface area contributed by atoms with Crippen molar-refractivity contribution in [1.82, 2.24) is 9.97 Å². The molecular formula is C10H18N4. The second kappa shape index (κ2) is 3.28. The molecule has 1 fully saturated rings. The van der Waals surface area contributed by atoms with Crippen LogP contribution in [0.15, 0.2) is 6.20 Å². The summed E-state index contributed by atoms with van der Waals surface area (Å²) in [5, 5.41) is 0. The highest BCUT2D eigenvalue weighted by atomic mass is 15.3. The van der Waals surface area contributed by atoms with Gasteiger partial charge < -0.3 is 15.6 Å². The molecule has 4 nitrogen and oxygen atoms in total. The van der Waals surface area contributed by atoms with Gasteiger partial charge in [0.05, 0.1) is 0 Å². The lowest BCUT2D eigenvalue weighted by Crippen LogP contribution is -2.31. The van der Waals surface area contributed by atoms with Crippen LogP contribution in [0.2, 0.25) is 0 Å². The fourth-order valence-corrected chi connectivity index (χ4v) is 1.93. The molecule has 1 atom stereocenters. The van der Waals surface area contributed by atoms with Crippen molar-refractivity contribution in [2.45, 2.75) is 20.3 Å². The fraction of sp³-hybridized carbons (Fsp3) is 0.700. The summed E-state index contributed by atoms with van der Waals surface area (Å²) in [6.45, 7) is 7.08. The highest BCUT2D eigenvalue weighted by molar-refractivity contribution is 5.33. The summed E-state index contributed by atoms with van der Waals surface area (Å²) in [6.07, 6.45) is 3.02. The SMILES string of the molecule is Cc1cnc(N2CCC(C)(CN)C2)[nH]1. The van der Waals surface area contributed by atoms with Crippen molar-refractivity contribution < 1.29 is 0 Å². The maximum Gasteiger partial charge on any atom is 0.202 e. The number of hydrogen-bond acceptors (Lipinski definition) is 3. The standard InChI is InChI=1S/C10H18N4/c1-8-5-12-9(13-8)14-4-3-10(2,6-11)7-14/h5H,3-4,6-7,11H2,1-2H3,(H,12,13). The van der Waals surface area contributed by atoms with E-state index in [9.17, 15) is 0 Å². The number of H-pyrrole nitrogens is 1. The molecule has 4 heteroatoms. The first-order valence-electron chi connectivity index (χ1n) is 5.10. The Bertz CT molecular complexity index is 320. The zero-order valence-electron chi connectivity index (χ0n) is 8.88. The molecule has 0 amide bonds. The quantitative estimate of drug-likeness (QED) is 0.735. The van der Waals surface area contributed by atoms with Crippen LogP contribution in [0.25, 0.3) is 0 Å². The van der Waals surface area contributed by atoms with Gasteiger partial charge in [-0.2, -0.15) is 0 Å². The predicted molar refractivity (Wildman–Crippen MR) is 57.3 cm³/mol. The molecule has 1 aliphatic heterocycles. The molecule has 0 bridgehead atoms. The van der Waals surface area contributed by atoms with Gasteiger partial charge in [-0.05, 0) is 25.3 Å². The van der Waals surface area contributed by atoms with Crippen molar-refractivity contribution in [1.29, 1.82) is 0 Å². The number of nitrogens with one attached hydrogen (secondary N) is 1. The van der Waals surface area contributed by atoms with Crippen molar-refractivity contribution in [2.24, 2.45) is 11.1 Å². The van der Waals surface area contributed by atoms with Crippen LogP contribution in [0.5, 0.6) is 0 Å². The second-order valence-electron chi connectivity index (χ2n) is 4.58. The summed E-state index contributed by atoms with van der Waals surface area (Å²) < 4.78 is 0. The summed E-state index contributed by atoms with van der Waals surface area (Å²) in [5.41, 5.74) is 7.13. The average Bonchev–Trinajstić information content (AvgIpc) is 2.73. The molecule has 1 saturated heterocycles. The van der Waals surface area contributed by atoms with Crippen molar-refractivity contribution in [3.8, 4) is 0 Å². The molecule has 2 rings (SSSR count). The monoisotopic (exact) mass is 194 g/mol. The average molecular weight is 194 g/mol. The first-order chi connectivity index (χ1) is 6.63. The Morgan fingerprint density at radius 3 is 3.00 bits per heavy atom. The number of imidazole rings is 1. The number of nitrogens with zero attached hydrogens (tertiary/aromatic N) is 2. The van der Waals surface area contributed by atoms with E-state index in [-0.39, 0.29) is 5.41 Å². The number of aryl methyl sites for hydroxylation is 1. The number of hydrogen-bond donors (Lipinski definition) is 2. The van der Waals surface area contributed by atoms with E-state index in [0.717, 1.165) is 37.7 Å². The van der Waals surface area contributed by atoms with E-state index in [0.29, 0.717) is 0 Å². The molecule has 1 unspecified atom stereocenters. The molecule has 0 aliphatic carbocycles. The van der Waals surface area contributed by atoms with Crippen LogP contribution in [0.4, 0.5) is 5.95 Å². The van der Waals surface area contributed by atoms with E-state index >= 15 is 0 Å². The summed E-state index contributed by atoms with van der Waals surface area (Å²) in [4.78, 5) is 9.86. The third-order valence-corrected chi connectivity index (χ3v) is 3.04. The fourth-order valence-electron chi connectivity index (χ4n) is 1.93. The van der Waals surface area contributed by atoms with Crippen LogP contribution in [0.1, 0.15) is 19.0 Å². The molecule has 1 aliphatic rings. The lowest BCUT2D eigenvalue weighted by molar-refractivity contribution is 0.383. The highest BCUT2D eigenvalue weighted by Crippen LogP contribution is 2.30. The van der Waals surface area contributed by atoms with E-state index in [2.05, 4.69) is 21.8 Å². The maximum atomic E-state index is 5.76.